The second-order valence-electron chi connectivity index (χ2n) is 4.32. The summed E-state index contributed by atoms with van der Waals surface area (Å²) in [5.74, 6) is -0.431. The van der Waals surface area contributed by atoms with Gasteiger partial charge in [0.15, 0.2) is 0 Å². The number of aromatic nitrogens is 1. The number of alkyl halides is 3. The van der Waals surface area contributed by atoms with Gasteiger partial charge in [0.2, 0.25) is 5.88 Å². The summed E-state index contributed by atoms with van der Waals surface area (Å²) in [6.45, 7) is 0. The molecule has 1 aromatic carbocycles. The van der Waals surface area contributed by atoms with E-state index in [4.69, 9.17) is 4.74 Å². The summed E-state index contributed by atoms with van der Waals surface area (Å²) in [6.07, 6.45) is -4.60. The molecular formula is C15H12F3NO3. The topological polar surface area (TPSA) is 48.4 Å². The summed E-state index contributed by atoms with van der Waals surface area (Å²) in [5.41, 5.74) is -0.552. The van der Waals surface area contributed by atoms with Gasteiger partial charge in [0, 0.05) is 11.6 Å². The van der Waals surface area contributed by atoms with Crippen LogP contribution in [0.25, 0.3) is 0 Å². The van der Waals surface area contributed by atoms with Gasteiger partial charge in [-0.3, -0.25) is 4.79 Å². The van der Waals surface area contributed by atoms with Crippen LogP contribution >= 0.6 is 0 Å². The molecule has 0 amide bonds. The molecule has 0 atom stereocenters. The lowest BCUT2D eigenvalue weighted by Gasteiger charge is -2.11. The van der Waals surface area contributed by atoms with Gasteiger partial charge in [0.25, 0.3) is 0 Å². The van der Waals surface area contributed by atoms with Gasteiger partial charge in [0.1, 0.15) is 11.4 Å². The maximum absolute atomic E-state index is 12.6. The number of hydrogen-bond donors (Lipinski definition) is 0. The zero-order valence-electron chi connectivity index (χ0n) is 11.6. The summed E-state index contributed by atoms with van der Waals surface area (Å²) >= 11 is 0. The highest BCUT2D eigenvalue weighted by atomic mass is 19.4. The van der Waals surface area contributed by atoms with Gasteiger partial charge in [-0.05, 0) is 12.1 Å². The fourth-order valence-electron chi connectivity index (χ4n) is 1.72. The fourth-order valence-corrected chi connectivity index (χ4v) is 1.72. The van der Waals surface area contributed by atoms with Crippen LogP contribution in [0.2, 0.25) is 0 Å². The van der Waals surface area contributed by atoms with Gasteiger partial charge in [0.05, 0.1) is 13.5 Å². The van der Waals surface area contributed by atoms with Crippen LogP contribution in [0.5, 0.6) is 11.6 Å². The molecule has 0 aliphatic rings. The van der Waals surface area contributed by atoms with Crippen molar-refractivity contribution in [2.24, 2.45) is 0 Å². The van der Waals surface area contributed by atoms with Crippen LogP contribution < -0.4 is 4.74 Å². The molecule has 2 aromatic rings. The molecule has 0 fully saturated rings. The van der Waals surface area contributed by atoms with Crippen molar-refractivity contribution in [2.75, 3.05) is 7.11 Å². The smallest absolute Gasteiger partial charge is 0.433 e. The number of pyridine rings is 1. The SMILES string of the molecule is COC(=O)Cc1ccccc1Oc1cccc(C(F)(F)F)n1. The fraction of sp³-hybridized carbons (Fsp3) is 0.200. The number of hydrogen-bond acceptors (Lipinski definition) is 4. The number of carbonyl (C=O) groups excluding carboxylic acids is 1. The molecule has 1 heterocycles. The molecule has 0 unspecified atom stereocenters. The van der Waals surface area contributed by atoms with Gasteiger partial charge in [-0.15, -0.1) is 0 Å². The predicted octanol–water partition coefficient (Wildman–Crippen LogP) is 3.61. The minimum Gasteiger partial charge on any atom is -0.469 e. The van der Waals surface area contributed by atoms with Crippen LogP contribution in [0.15, 0.2) is 42.5 Å². The Kier molecular flexibility index (Phi) is 4.65. The number of methoxy groups -OCH3 is 1. The molecule has 22 heavy (non-hydrogen) atoms. The van der Waals surface area contributed by atoms with Crippen molar-refractivity contribution in [1.29, 1.82) is 0 Å². The van der Waals surface area contributed by atoms with Crippen molar-refractivity contribution in [3.05, 3.63) is 53.7 Å². The van der Waals surface area contributed by atoms with E-state index in [0.717, 1.165) is 6.07 Å². The third-order valence-corrected chi connectivity index (χ3v) is 2.76. The predicted molar refractivity (Wildman–Crippen MR) is 71.5 cm³/mol. The lowest BCUT2D eigenvalue weighted by atomic mass is 10.1. The Hall–Kier alpha value is -2.57. The average Bonchev–Trinajstić information content (AvgIpc) is 2.48. The molecule has 7 heteroatoms. The van der Waals surface area contributed by atoms with E-state index >= 15 is 0 Å². The zero-order valence-corrected chi connectivity index (χ0v) is 11.6. The van der Waals surface area contributed by atoms with Crippen molar-refractivity contribution in [1.82, 2.24) is 4.98 Å². The summed E-state index contributed by atoms with van der Waals surface area (Å²) in [7, 11) is 1.25. The highest BCUT2D eigenvalue weighted by Gasteiger charge is 2.32. The standard InChI is InChI=1S/C15H12F3NO3/c1-21-14(20)9-10-5-2-3-6-11(10)22-13-8-4-7-12(19-13)15(16,17)18/h2-8H,9H2,1H3. The third kappa shape index (κ3) is 3.97. The maximum atomic E-state index is 12.6. The molecule has 0 N–H and O–H groups in total. The minimum absolute atomic E-state index is 0.0500. The number of para-hydroxylation sites is 1. The Morgan fingerprint density at radius 2 is 1.86 bits per heavy atom. The number of benzene rings is 1. The molecule has 0 aliphatic carbocycles. The quantitative estimate of drug-likeness (QED) is 0.809. The average molecular weight is 311 g/mol. The first-order valence-electron chi connectivity index (χ1n) is 6.27. The molecule has 0 spiro atoms. The van der Waals surface area contributed by atoms with Gasteiger partial charge in [-0.25, -0.2) is 4.98 Å². The van der Waals surface area contributed by atoms with Crippen molar-refractivity contribution >= 4 is 5.97 Å². The highest BCUT2D eigenvalue weighted by molar-refractivity contribution is 5.73. The van der Waals surface area contributed by atoms with Gasteiger partial charge >= 0.3 is 12.1 Å². The first-order chi connectivity index (χ1) is 10.4. The van der Waals surface area contributed by atoms with Crippen LogP contribution in [0, 0.1) is 0 Å². The van der Waals surface area contributed by atoms with E-state index in [9.17, 15) is 18.0 Å². The lowest BCUT2D eigenvalue weighted by molar-refractivity contribution is -0.141. The lowest BCUT2D eigenvalue weighted by Crippen LogP contribution is -2.08. The van der Waals surface area contributed by atoms with E-state index < -0.39 is 17.8 Å². The second kappa shape index (κ2) is 6.46. The van der Waals surface area contributed by atoms with Crippen LogP contribution in [-0.2, 0) is 22.1 Å². The highest BCUT2D eigenvalue weighted by Crippen LogP contribution is 2.30. The molecule has 0 saturated carbocycles. The number of nitrogens with zero attached hydrogens (tertiary/aromatic N) is 1. The first-order valence-corrected chi connectivity index (χ1v) is 6.27. The Balaban J connectivity index is 2.26. The van der Waals surface area contributed by atoms with E-state index in [-0.39, 0.29) is 18.1 Å². The number of ether oxygens (including phenoxy) is 2. The van der Waals surface area contributed by atoms with Crippen LogP contribution in [-0.4, -0.2) is 18.1 Å². The van der Waals surface area contributed by atoms with Gasteiger partial charge in [-0.2, -0.15) is 13.2 Å². The molecule has 0 radical (unpaired) electrons. The monoisotopic (exact) mass is 311 g/mol. The Labute approximate surface area is 124 Å². The minimum atomic E-state index is -4.55. The number of carbonyl (C=O) groups is 1. The normalized spacial score (nSPS) is 11.1. The van der Waals surface area contributed by atoms with Crippen LogP contribution in [0.1, 0.15) is 11.3 Å². The number of rotatable bonds is 4. The van der Waals surface area contributed by atoms with Crippen molar-refractivity contribution in [3.63, 3.8) is 0 Å². The van der Waals surface area contributed by atoms with Crippen LogP contribution in [0.3, 0.4) is 0 Å². The van der Waals surface area contributed by atoms with Crippen molar-refractivity contribution < 1.29 is 27.4 Å². The van der Waals surface area contributed by atoms with E-state index in [0.29, 0.717) is 5.56 Å². The molecule has 116 valence electrons. The molecular weight excluding hydrogens is 299 g/mol. The van der Waals surface area contributed by atoms with E-state index in [2.05, 4.69) is 9.72 Å². The summed E-state index contributed by atoms with van der Waals surface area (Å²) < 4.78 is 47.8. The third-order valence-electron chi connectivity index (χ3n) is 2.76. The largest absolute Gasteiger partial charge is 0.469 e. The van der Waals surface area contributed by atoms with Gasteiger partial charge < -0.3 is 9.47 Å². The van der Waals surface area contributed by atoms with E-state index in [1.807, 2.05) is 0 Å². The number of halogens is 3. The Morgan fingerprint density at radius 3 is 2.55 bits per heavy atom. The Morgan fingerprint density at radius 1 is 1.14 bits per heavy atom. The first kappa shape index (κ1) is 15.8. The number of esters is 1. The summed E-state index contributed by atoms with van der Waals surface area (Å²) in [4.78, 5) is 14.7. The molecule has 4 nitrogen and oxygen atoms in total. The molecule has 0 bridgehead atoms. The van der Waals surface area contributed by atoms with Crippen LogP contribution in [0.4, 0.5) is 13.2 Å². The summed E-state index contributed by atoms with van der Waals surface area (Å²) in [5, 5.41) is 0. The summed E-state index contributed by atoms with van der Waals surface area (Å²) in [6, 6.07) is 9.86. The van der Waals surface area contributed by atoms with E-state index in [1.165, 1.54) is 19.2 Å². The van der Waals surface area contributed by atoms with E-state index in [1.54, 1.807) is 24.3 Å². The molecule has 1 aromatic heterocycles. The molecule has 0 saturated heterocycles. The van der Waals surface area contributed by atoms with Crippen molar-refractivity contribution in [2.45, 2.75) is 12.6 Å². The second-order valence-corrected chi connectivity index (χ2v) is 4.32. The maximum Gasteiger partial charge on any atom is 0.433 e. The van der Waals surface area contributed by atoms with Gasteiger partial charge in [-0.1, -0.05) is 24.3 Å². The molecule has 0 aliphatic heterocycles. The Bertz CT molecular complexity index is 671. The van der Waals surface area contributed by atoms with Crippen molar-refractivity contribution in [3.8, 4) is 11.6 Å². The zero-order chi connectivity index (χ0) is 16.2. The molecule has 2 rings (SSSR count).